The van der Waals surface area contributed by atoms with Crippen LogP contribution in [0, 0.1) is 0 Å². The molecule has 0 radical (unpaired) electrons. The van der Waals surface area contributed by atoms with Crippen LogP contribution in [-0.2, 0) is 31.3 Å². The molecule has 1 heterocycles. The van der Waals surface area contributed by atoms with E-state index in [2.05, 4.69) is 11.3 Å². The van der Waals surface area contributed by atoms with Crippen molar-refractivity contribution in [1.29, 1.82) is 0 Å². The first-order chi connectivity index (χ1) is 15.1. The summed E-state index contributed by atoms with van der Waals surface area (Å²) in [5.41, 5.74) is 7.20. The molecule has 2 atom stereocenters. The number of hydrogen-bond acceptors (Lipinski definition) is 5. The van der Waals surface area contributed by atoms with Gasteiger partial charge in [-0.05, 0) is 42.5 Å². The van der Waals surface area contributed by atoms with Crippen molar-refractivity contribution >= 4 is 26.0 Å². The molecule has 0 spiro atoms. The summed E-state index contributed by atoms with van der Waals surface area (Å²) in [5.74, 6) is -1.07. The molecule has 8 nitrogen and oxygen atoms in total. The largest absolute Gasteiger partial charge is 0.369 e. The third kappa shape index (κ3) is 5.63. The van der Waals surface area contributed by atoms with Gasteiger partial charge in [0.05, 0.1) is 10.8 Å². The highest BCUT2D eigenvalue weighted by Gasteiger charge is 2.35. The van der Waals surface area contributed by atoms with E-state index in [-0.39, 0.29) is 11.4 Å². The number of hydrogen-bond donors (Lipinski definition) is 2. The van der Waals surface area contributed by atoms with Crippen LogP contribution in [0.3, 0.4) is 0 Å². The Kier molecular flexibility index (Phi) is 7.50. The average Bonchev–Trinajstić information content (AvgIpc) is 3.26. The molecule has 32 heavy (non-hydrogen) atoms. The second kappa shape index (κ2) is 9.95. The zero-order valence-electron chi connectivity index (χ0n) is 17.6. The highest BCUT2D eigenvalue weighted by atomic mass is 32.2. The Bertz CT molecular complexity index is 1160. The number of carbonyl (C=O) groups excluding carboxylic acids is 1. The second-order valence-corrected chi connectivity index (χ2v) is 11.3. The lowest BCUT2D eigenvalue weighted by Crippen LogP contribution is -2.42. The number of sulfonamides is 2. The maximum absolute atomic E-state index is 13.2. The van der Waals surface area contributed by atoms with Crippen LogP contribution in [0.4, 0.5) is 0 Å². The van der Waals surface area contributed by atoms with Gasteiger partial charge < -0.3 is 5.73 Å². The van der Waals surface area contributed by atoms with E-state index in [0.29, 0.717) is 31.4 Å². The minimum absolute atomic E-state index is 0.0213. The Morgan fingerprint density at radius 3 is 2.38 bits per heavy atom. The third-order valence-electron chi connectivity index (χ3n) is 5.58. The zero-order chi connectivity index (χ0) is 23.4. The van der Waals surface area contributed by atoms with Crippen LogP contribution < -0.4 is 10.5 Å². The van der Waals surface area contributed by atoms with Gasteiger partial charge in [-0.3, -0.25) is 4.79 Å². The van der Waals surface area contributed by atoms with Crippen molar-refractivity contribution in [3.8, 4) is 0 Å². The predicted molar refractivity (Wildman–Crippen MR) is 123 cm³/mol. The van der Waals surface area contributed by atoms with Crippen LogP contribution in [0.25, 0.3) is 0 Å². The first-order valence-corrected chi connectivity index (χ1v) is 13.2. The monoisotopic (exact) mass is 477 g/mol. The topological polar surface area (TPSA) is 127 Å². The molecule has 0 saturated carbocycles. The molecule has 1 unspecified atom stereocenters. The highest BCUT2D eigenvalue weighted by molar-refractivity contribution is 7.92. The van der Waals surface area contributed by atoms with E-state index in [1.165, 1.54) is 16.4 Å². The van der Waals surface area contributed by atoms with Crippen molar-refractivity contribution in [1.82, 2.24) is 9.03 Å². The molecule has 1 amide bonds. The molecule has 2 aromatic rings. The Balaban J connectivity index is 1.78. The van der Waals surface area contributed by atoms with Crippen LogP contribution >= 0.6 is 0 Å². The smallest absolute Gasteiger partial charge is 0.243 e. The van der Waals surface area contributed by atoms with E-state index in [4.69, 9.17) is 5.73 Å². The molecular formula is C22H27N3O5S2. The Morgan fingerprint density at radius 2 is 1.78 bits per heavy atom. The van der Waals surface area contributed by atoms with E-state index >= 15 is 0 Å². The van der Waals surface area contributed by atoms with Crippen molar-refractivity contribution in [2.45, 2.75) is 36.1 Å². The van der Waals surface area contributed by atoms with E-state index in [9.17, 15) is 21.6 Å². The van der Waals surface area contributed by atoms with E-state index in [1.54, 1.807) is 12.1 Å². The minimum Gasteiger partial charge on any atom is -0.369 e. The van der Waals surface area contributed by atoms with Gasteiger partial charge in [-0.1, -0.05) is 49.0 Å². The fraction of sp³-hybridized carbons (Fsp3) is 0.318. The molecule has 0 aromatic heterocycles. The van der Waals surface area contributed by atoms with Crippen LogP contribution in [0.5, 0.6) is 0 Å². The minimum atomic E-state index is -3.83. The molecule has 1 aliphatic heterocycles. The third-order valence-corrected chi connectivity index (χ3v) is 8.55. The first kappa shape index (κ1) is 24.1. The molecule has 10 heteroatoms. The SMILES string of the molecule is C=CS(=O)(=O)NC[C@H]1CCCN1S(=O)(=O)c1ccc(C(Cc2ccccc2)C(N)=O)cc1. The van der Waals surface area contributed by atoms with Crippen molar-refractivity contribution < 1.29 is 21.6 Å². The van der Waals surface area contributed by atoms with Gasteiger partial charge >= 0.3 is 0 Å². The van der Waals surface area contributed by atoms with Gasteiger partial charge in [0.1, 0.15) is 0 Å². The predicted octanol–water partition coefficient (Wildman–Crippen LogP) is 1.71. The Labute approximate surface area is 189 Å². The summed E-state index contributed by atoms with van der Waals surface area (Å²) >= 11 is 0. The molecule has 3 N–H and O–H groups in total. The van der Waals surface area contributed by atoms with Crippen molar-refractivity contribution in [3.63, 3.8) is 0 Å². The van der Waals surface area contributed by atoms with Crippen LogP contribution in [0.1, 0.15) is 29.9 Å². The molecule has 1 fully saturated rings. The molecule has 0 bridgehead atoms. The maximum Gasteiger partial charge on any atom is 0.243 e. The van der Waals surface area contributed by atoms with Crippen LogP contribution in [0.15, 0.2) is 71.5 Å². The number of carbonyl (C=O) groups is 1. The fourth-order valence-corrected chi connectivity index (χ4v) is 6.08. The quantitative estimate of drug-likeness (QED) is 0.539. The summed E-state index contributed by atoms with van der Waals surface area (Å²) in [6.07, 6.45) is 1.61. The summed E-state index contributed by atoms with van der Waals surface area (Å²) in [5, 5.41) is 0.796. The molecule has 172 valence electrons. The van der Waals surface area contributed by atoms with Crippen LogP contribution in [0.2, 0.25) is 0 Å². The van der Waals surface area contributed by atoms with Crippen molar-refractivity contribution in [2.75, 3.05) is 13.1 Å². The summed E-state index contributed by atoms with van der Waals surface area (Å²) < 4.78 is 53.3. The molecular weight excluding hydrogens is 450 g/mol. The normalized spacial score (nSPS) is 18.3. The molecule has 1 saturated heterocycles. The number of amides is 1. The lowest BCUT2D eigenvalue weighted by Gasteiger charge is -2.24. The fourth-order valence-electron chi connectivity index (χ4n) is 3.84. The number of primary amides is 1. The van der Waals surface area contributed by atoms with Gasteiger partial charge in [-0.25, -0.2) is 21.6 Å². The first-order valence-electron chi connectivity index (χ1n) is 10.2. The molecule has 1 aliphatic rings. The van der Waals surface area contributed by atoms with E-state index in [1.807, 2.05) is 30.3 Å². The van der Waals surface area contributed by atoms with E-state index in [0.717, 1.165) is 11.0 Å². The highest BCUT2D eigenvalue weighted by Crippen LogP contribution is 2.28. The van der Waals surface area contributed by atoms with E-state index < -0.39 is 37.9 Å². The van der Waals surface area contributed by atoms with Gasteiger partial charge in [-0.15, -0.1) is 0 Å². The van der Waals surface area contributed by atoms with Gasteiger partial charge in [0.15, 0.2) is 0 Å². The summed E-state index contributed by atoms with van der Waals surface area (Å²) in [7, 11) is -7.47. The standard InChI is InChI=1S/C22H27N3O5S2/c1-2-31(27,28)24-16-19-9-6-14-25(19)32(29,30)20-12-10-18(11-13-20)21(22(23)26)15-17-7-4-3-5-8-17/h2-5,7-8,10-13,19,21,24H,1,6,9,14-16H2,(H2,23,26)/t19-,21?/m1/s1. The molecule has 3 rings (SSSR count). The lowest BCUT2D eigenvalue weighted by molar-refractivity contribution is -0.119. The summed E-state index contributed by atoms with van der Waals surface area (Å²) in [6, 6.07) is 15.1. The number of nitrogens with zero attached hydrogens (tertiary/aromatic N) is 1. The number of nitrogens with two attached hydrogens (primary N) is 1. The second-order valence-electron chi connectivity index (χ2n) is 7.69. The Hall–Kier alpha value is -2.53. The van der Waals surface area contributed by atoms with Gasteiger partial charge in [0.25, 0.3) is 0 Å². The maximum atomic E-state index is 13.2. The number of rotatable bonds is 10. The summed E-state index contributed by atoms with van der Waals surface area (Å²) in [6.45, 7) is 3.53. The Morgan fingerprint density at radius 1 is 1.12 bits per heavy atom. The van der Waals surface area contributed by atoms with Crippen molar-refractivity contribution in [3.05, 3.63) is 77.7 Å². The molecule has 2 aromatic carbocycles. The molecule has 0 aliphatic carbocycles. The van der Waals surface area contributed by atoms with Gasteiger partial charge in [-0.2, -0.15) is 4.31 Å². The zero-order valence-corrected chi connectivity index (χ0v) is 19.2. The van der Waals surface area contributed by atoms with Crippen molar-refractivity contribution in [2.24, 2.45) is 5.73 Å². The van der Waals surface area contributed by atoms with Gasteiger partial charge in [0, 0.05) is 24.5 Å². The lowest BCUT2D eigenvalue weighted by atomic mass is 9.91. The van der Waals surface area contributed by atoms with Crippen LogP contribution in [-0.4, -0.2) is 46.2 Å². The number of benzene rings is 2. The number of nitrogens with one attached hydrogen (secondary N) is 1. The van der Waals surface area contributed by atoms with Gasteiger partial charge in [0.2, 0.25) is 26.0 Å². The average molecular weight is 478 g/mol. The summed E-state index contributed by atoms with van der Waals surface area (Å²) in [4.78, 5) is 12.1.